The second kappa shape index (κ2) is 19.1. The van der Waals surface area contributed by atoms with Crippen LogP contribution in [0.25, 0.3) is 0 Å². The number of carbonyl (C=O) groups excluding carboxylic acids is 2. The van der Waals surface area contributed by atoms with Gasteiger partial charge in [0, 0.05) is 42.4 Å². The van der Waals surface area contributed by atoms with Gasteiger partial charge < -0.3 is 14.4 Å². The minimum absolute atomic E-state index is 0.0523. The van der Waals surface area contributed by atoms with Crippen molar-refractivity contribution in [1.29, 1.82) is 0 Å². The number of carbonyl (C=O) groups is 2. The summed E-state index contributed by atoms with van der Waals surface area (Å²) in [6.45, 7) is 11.6. The summed E-state index contributed by atoms with van der Waals surface area (Å²) in [6, 6.07) is 12.5. The molecule has 6 heteroatoms. The van der Waals surface area contributed by atoms with Crippen molar-refractivity contribution in [2.75, 3.05) is 19.6 Å². The molecule has 0 saturated carbocycles. The highest BCUT2D eigenvalue weighted by molar-refractivity contribution is 9.10. The molecule has 0 spiro atoms. The fourth-order valence-corrected chi connectivity index (χ4v) is 5.00. The lowest BCUT2D eigenvalue weighted by Gasteiger charge is -2.29. The van der Waals surface area contributed by atoms with Crippen LogP contribution in [0.1, 0.15) is 110 Å². The van der Waals surface area contributed by atoms with Gasteiger partial charge in [-0.2, -0.15) is 0 Å². The number of hydrogen-bond donors (Lipinski definition) is 0. The van der Waals surface area contributed by atoms with Gasteiger partial charge in [-0.15, -0.1) is 0 Å². The Labute approximate surface area is 246 Å². The number of unbranched alkanes of at least 4 members (excludes halogenated alkanes) is 7. The first-order valence-electron chi connectivity index (χ1n) is 15.3. The Morgan fingerprint density at radius 3 is 2.15 bits per heavy atom. The molecule has 0 saturated heterocycles. The Bertz CT molecular complexity index is 954. The van der Waals surface area contributed by atoms with Crippen LogP contribution in [0, 0.1) is 5.92 Å². The van der Waals surface area contributed by atoms with E-state index in [1.807, 2.05) is 9.80 Å². The van der Waals surface area contributed by atoms with Crippen molar-refractivity contribution in [3.05, 3.63) is 58.3 Å². The average molecular weight is 603 g/mol. The van der Waals surface area contributed by atoms with Crippen molar-refractivity contribution in [3.8, 4) is 0 Å². The maximum atomic E-state index is 13.6. The molecule has 1 aromatic heterocycles. The molecule has 2 amide bonds. The molecule has 0 aliphatic carbocycles. The summed E-state index contributed by atoms with van der Waals surface area (Å²) < 4.78 is 3.29. The molecular formula is C33H52BrN3O2. The summed E-state index contributed by atoms with van der Waals surface area (Å²) >= 11 is 3.51. The van der Waals surface area contributed by atoms with Gasteiger partial charge in [0.1, 0.15) is 0 Å². The van der Waals surface area contributed by atoms with E-state index in [0.717, 1.165) is 48.8 Å². The number of hydrogen-bond acceptors (Lipinski definition) is 2. The average Bonchev–Trinajstić information content (AvgIpc) is 3.35. The van der Waals surface area contributed by atoms with E-state index in [4.69, 9.17) is 0 Å². The summed E-state index contributed by atoms with van der Waals surface area (Å²) in [6.07, 6.45) is 13.8. The van der Waals surface area contributed by atoms with Crippen LogP contribution in [-0.4, -0.2) is 45.8 Å². The first-order chi connectivity index (χ1) is 18.8. The summed E-state index contributed by atoms with van der Waals surface area (Å²) in [4.78, 5) is 30.6. The predicted octanol–water partition coefficient (Wildman–Crippen LogP) is 8.44. The van der Waals surface area contributed by atoms with Gasteiger partial charge in [-0.1, -0.05) is 101 Å². The van der Waals surface area contributed by atoms with Gasteiger partial charge in [-0.05, 0) is 55.0 Å². The molecule has 0 N–H and O–H groups in total. The summed E-state index contributed by atoms with van der Waals surface area (Å²) in [5.41, 5.74) is 2.34. The second-order valence-electron chi connectivity index (χ2n) is 11.3. The largest absolute Gasteiger partial charge is 0.345 e. The SMILES string of the molecule is CCCCCCCCCC(=O)N(CCC(C)C)CC(=O)N(CCCC)Cc1cccn1Cc1ccc(Br)cc1. The molecule has 0 radical (unpaired) electrons. The van der Waals surface area contributed by atoms with Crippen molar-refractivity contribution in [3.63, 3.8) is 0 Å². The van der Waals surface area contributed by atoms with Crippen molar-refractivity contribution in [1.82, 2.24) is 14.4 Å². The van der Waals surface area contributed by atoms with Crippen LogP contribution in [0.4, 0.5) is 0 Å². The number of amides is 2. The summed E-state index contributed by atoms with van der Waals surface area (Å²) in [5, 5.41) is 0. The molecule has 1 heterocycles. The minimum Gasteiger partial charge on any atom is -0.345 e. The molecule has 0 aliphatic heterocycles. The van der Waals surface area contributed by atoms with Gasteiger partial charge in [-0.3, -0.25) is 9.59 Å². The van der Waals surface area contributed by atoms with Crippen molar-refractivity contribution >= 4 is 27.7 Å². The van der Waals surface area contributed by atoms with Crippen molar-refractivity contribution in [2.45, 2.75) is 111 Å². The number of halogens is 1. The molecule has 0 aliphatic rings. The monoisotopic (exact) mass is 601 g/mol. The quantitative estimate of drug-likeness (QED) is 0.143. The second-order valence-corrected chi connectivity index (χ2v) is 12.2. The van der Waals surface area contributed by atoms with Crippen molar-refractivity contribution in [2.24, 2.45) is 5.92 Å². The van der Waals surface area contributed by atoms with Gasteiger partial charge in [-0.25, -0.2) is 0 Å². The van der Waals surface area contributed by atoms with E-state index in [0.29, 0.717) is 32.0 Å². The van der Waals surface area contributed by atoms with E-state index in [1.165, 1.54) is 37.7 Å². The van der Waals surface area contributed by atoms with E-state index < -0.39 is 0 Å². The standard InChI is InChI=1S/C33H52BrN3O2/c1-5-7-9-10-11-12-13-16-32(38)37(24-21-28(3)4)27-33(39)36(22-8-6-2)26-31-15-14-23-35(31)25-29-17-19-30(34)20-18-29/h14-15,17-20,23,28H,5-13,16,21-22,24-27H2,1-4H3. The normalized spacial score (nSPS) is 11.2. The summed E-state index contributed by atoms with van der Waals surface area (Å²) in [5.74, 6) is 0.676. The Morgan fingerprint density at radius 2 is 1.49 bits per heavy atom. The number of benzene rings is 1. The lowest BCUT2D eigenvalue weighted by atomic mass is 10.1. The maximum Gasteiger partial charge on any atom is 0.242 e. The van der Waals surface area contributed by atoms with Crippen LogP contribution >= 0.6 is 15.9 Å². The highest BCUT2D eigenvalue weighted by Gasteiger charge is 2.22. The zero-order chi connectivity index (χ0) is 28.5. The lowest BCUT2D eigenvalue weighted by molar-refractivity contribution is -0.141. The highest BCUT2D eigenvalue weighted by Crippen LogP contribution is 2.16. The van der Waals surface area contributed by atoms with Crippen molar-refractivity contribution < 1.29 is 9.59 Å². The fraction of sp³-hybridized carbons (Fsp3) is 0.636. The molecule has 0 fully saturated rings. The number of aromatic nitrogens is 1. The van der Waals surface area contributed by atoms with Gasteiger partial charge >= 0.3 is 0 Å². The molecular weight excluding hydrogens is 550 g/mol. The highest BCUT2D eigenvalue weighted by atomic mass is 79.9. The molecule has 0 bridgehead atoms. The molecule has 2 aromatic rings. The van der Waals surface area contributed by atoms with Gasteiger partial charge in [0.2, 0.25) is 11.8 Å². The molecule has 0 atom stereocenters. The third-order valence-corrected chi connectivity index (χ3v) is 7.85. The van der Waals surface area contributed by atoms with E-state index in [9.17, 15) is 9.59 Å². The molecule has 0 unspecified atom stereocenters. The van der Waals surface area contributed by atoms with E-state index in [-0.39, 0.29) is 18.4 Å². The van der Waals surface area contributed by atoms with Crippen LogP contribution in [0.5, 0.6) is 0 Å². The zero-order valence-electron chi connectivity index (χ0n) is 25.0. The van der Waals surface area contributed by atoms with Crippen LogP contribution in [0.3, 0.4) is 0 Å². The molecule has 5 nitrogen and oxygen atoms in total. The Balaban J connectivity index is 2.02. The predicted molar refractivity (Wildman–Crippen MR) is 167 cm³/mol. The van der Waals surface area contributed by atoms with Gasteiger partial charge in [0.25, 0.3) is 0 Å². The minimum atomic E-state index is 0.0523. The van der Waals surface area contributed by atoms with Gasteiger partial charge in [0.05, 0.1) is 13.1 Å². The third kappa shape index (κ3) is 13.2. The number of rotatable bonds is 20. The first-order valence-corrected chi connectivity index (χ1v) is 16.1. The van der Waals surface area contributed by atoms with Gasteiger partial charge in [0.15, 0.2) is 0 Å². The van der Waals surface area contributed by atoms with Crippen LogP contribution in [0.15, 0.2) is 47.1 Å². The lowest BCUT2D eigenvalue weighted by Crippen LogP contribution is -2.43. The van der Waals surface area contributed by atoms with E-state index >= 15 is 0 Å². The van der Waals surface area contributed by atoms with Crippen LogP contribution in [-0.2, 0) is 22.7 Å². The molecule has 2 rings (SSSR count). The summed E-state index contributed by atoms with van der Waals surface area (Å²) in [7, 11) is 0. The topological polar surface area (TPSA) is 45.6 Å². The first kappa shape index (κ1) is 33.1. The maximum absolute atomic E-state index is 13.6. The number of nitrogens with zero attached hydrogens (tertiary/aromatic N) is 3. The molecule has 218 valence electrons. The van der Waals surface area contributed by atoms with Crippen LogP contribution in [0.2, 0.25) is 0 Å². The molecule has 39 heavy (non-hydrogen) atoms. The van der Waals surface area contributed by atoms with E-state index in [1.54, 1.807) is 0 Å². The Kier molecular flexibility index (Phi) is 16.2. The zero-order valence-corrected chi connectivity index (χ0v) is 26.6. The smallest absolute Gasteiger partial charge is 0.242 e. The third-order valence-electron chi connectivity index (χ3n) is 7.33. The fourth-order valence-electron chi connectivity index (χ4n) is 4.73. The molecule has 1 aromatic carbocycles. The van der Waals surface area contributed by atoms with E-state index in [2.05, 4.69) is 90.8 Å². The Hall–Kier alpha value is -2.08. The Morgan fingerprint density at radius 1 is 0.821 bits per heavy atom. The van der Waals surface area contributed by atoms with Crippen LogP contribution < -0.4 is 0 Å².